The van der Waals surface area contributed by atoms with Gasteiger partial charge in [0.05, 0.1) is 5.57 Å². The van der Waals surface area contributed by atoms with E-state index >= 15 is 0 Å². The zero-order chi connectivity index (χ0) is 20.1. The fourth-order valence-corrected chi connectivity index (χ4v) is 4.50. The van der Waals surface area contributed by atoms with Gasteiger partial charge < -0.3 is 0 Å². The molecule has 5 heteroatoms. The Morgan fingerprint density at radius 3 is 1.90 bits per heavy atom. The lowest BCUT2D eigenvalue weighted by molar-refractivity contribution is 0.0990. The van der Waals surface area contributed by atoms with Gasteiger partial charge in [0.1, 0.15) is 11.6 Å². The predicted molar refractivity (Wildman–Crippen MR) is 110 cm³/mol. The molecule has 0 unspecified atom stereocenters. The maximum Gasteiger partial charge on any atom is 0.197 e. The number of thiophene rings is 1. The van der Waals surface area contributed by atoms with E-state index in [1.165, 1.54) is 23.5 Å². The van der Waals surface area contributed by atoms with Gasteiger partial charge in [0.15, 0.2) is 11.6 Å². The molecule has 1 heterocycles. The molecule has 2 nitrogen and oxygen atoms in total. The number of hydrogen-bond acceptors (Lipinski definition) is 3. The van der Waals surface area contributed by atoms with Gasteiger partial charge in [-0.3, -0.25) is 9.59 Å². The molecule has 1 aromatic heterocycles. The maximum atomic E-state index is 13.5. The summed E-state index contributed by atoms with van der Waals surface area (Å²) in [4.78, 5) is 27.0. The van der Waals surface area contributed by atoms with Crippen LogP contribution in [0.3, 0.4) is 0 Å². The quantitative estimate of drug-likeness (QED) is 0.291. The Morgan fingerprint density at radius 1 is 0.724 bits per heavy atom. The molecular weight excluding hydrogens is 390 g/mol. The van der Waals surface area contributed by atoms with Crippen LogP contribution in [-0.4, -0.2) is 11.6 Å². The van der Waals surface area contributed by atoms with Gasteiger partial charge in [0.25, 0.3) is 0 Å². The van der Waals surface area contributed by atoms with Crippen LogP contribution in [0.5, 0.6) is 0 Å². The van der Waals surface area contributed by atoms with Gasteiger partial charge in [-0.25, -0.2) is 8.78 Å². The molecule has 4 aromatic rings. The summed E-state index contributed by atoms with van der Waals surface area (Å²) in [5, 5.41) is 1.81. The van der Waals surface area contributed by atoms with Crippen molar-refractivity contribution in [3.63, 3.8) is 0 Å². The molecule has 1 aliphatic rings. The zero-order valence-corrected chi connectivity index (χ0v) is 15.7. The summed E-state index contributed by atoms with van der Waals surface area (Å²) in [6.07, 6.45) is 1.55. The average molecular weight is 402 g/mol. The van der Waals surface area contributed by atoms with Crippen molar-refractivity contribution in [3.05, 3.63) is 99.9 Å². The van der Waals surface area contributed by atoms with Crippen molar-refractivity contribution in [1.82, 2.24) is 0 Å². The maximum absolute atomic E-state index is 13.5. The highest BCUT2D eigenvalue weighted by atomic mass is 32.1. The summed E-state index contributed by atoms with van der Waals surface area (Å²) < 4.78 is 27.0. The Kier molecular flexibility index (Phi) is 4.00. The van der Waals surface area contributed by atoms with Crippen LogP contribution in [0.15, 0.2) is 72.3 Å². The smallest absolute Gasteiger partial charge is 0.197 e. The number of hydrogen-bond donors (Lipinski definition) is 0. The molecule has 0 saturated carbocycles. The van der Waals surface area contributed by atoms with E-state index in [9.17, 15) is 18.4 Å². The van der Waals surface area contributed by atoms with Crippen LogP contribution in [0.2, 0.25) is 0 Å². The minimum atomic E-state index is -0.656. The second-order valence-corrected chi connectivity index (χ2v) is 7.94. The number of ketones is 2. The Morgan fingerprint density at radius 2 is 1.31 bits per heavy atom. The Bertz CT molecular complexity index is 1290. The molecule has 140 valence electrons. The van der Waals surface area contributed by atoms with Crippen molar-refractivity contribution < 1.29 is 18.4 Å². The van der Waals surface area contributed by atoms with Crippen molar-refractivity contribution in [2.75, 3.05) is 0 Å². The average Bonchev–Trinajstić information content (AvgIpc) is 3.25. The van der Waals surface area contributed by atoms with E-state index in [0.29, 0.717) is 26.4 Å². The molecular formula is C24H12F2O2S. The first-order valence-corrected chi connectivity index (χ1v) is 9.71. The summed E-state index contributed by atoms with van der Waals surface area (Å²) in [6.45, 7) is 0. The van der Waals surface area contributed by atoms with Crippen LogP contribution < -0.4 is 0 Å². The van der Waals surface area contributed by atoms with E-state index in [-0.39, 0.29) is 17.1 Å². The number of carbonyl (C=O) groups excluding carboxylic acids is 2. The molecule has 0 spiro atoms. The first-order valence-electron chi connectivity index (χ1n) is 8.90. The number of rotatable bonds is 2. The highest BCUT2D eigenvalue weighted by Gasteiger charge is 2.33. The van der Waals surface area contributed by atoms with E-state index in [4.69, 9.17) is 0 Å². The topological polar surface area (TPSA) is 34.1 Å². The van der Waals surface area contributed by atoms with Crippen molar-refractivity contribution in [3.8, 4) is 10.4 Å². The third-order valence-corrected chi connectivity index (χ3v) is 6.01. The normalized spacial score (nSPS) is 13.2. The van der Waals surface area contributed by atoms with E-state index in [0.717, 1.165) is 16.8 Å². The van der Waals surface area contributed by atoms with Crippen molar-refractivity contribution in [2.45, 2.75) is 0 Å². The summed E-state index contributed by atoms with van der Waals surface area (Å²) in [7, 11) is 0. The molecule has 3 aromatic carbocycles. The second kappa shape index (κ2) is 6.57. The molecule has 0 aliphatic heterocycles. The zero-order valence-electron chi connectivity index (χ0n) is 14.9. The number of carbonyl (C=O) groups is 2. The summed E-state index contributed by atoms with van der Waals surface area (Å²) in [5.41, 5.74) is 1.33. The third-order valence-electron chi connectivity index (χ3n) is 4.92. The first-order chi connectivity index (χ1) is 14.0. The van der Waals surface area contributed by atoms with E-state index in [2.05, 4.69) is 0 Å². The van der Waals surface area contributed by atoms with Crippen molar-refractivity contribution in [1.29, 1.82) is 0 Å². The molecule has 0 fully saturated rings. The molecule has 29 heavy (non-hydrogen) atoms. The van der Waals surface area contributed by atoms with Gasteiger partial charge in [-0.15, -0.1) is 11.3 Å². The van der Waals surface area contributed by atoms with Gasteiger partial charge in [-0.2, -0.15) is 0 Å². The van der Waals surface area contributed by atoms with Crippen LogP contribution in [0.1, 0.15) is 25.6 Å². The molecule has 0 radical (unpaired) electrons. The summed E-state index contributed by atoms with van der Waals surface area (Å²) in [5.74, 6) is -1.92. The number of halogens is 2. The van der Waals surface area contributed by atoms with Crippen LogP contribution in [0.4, 0.5) is 8.78 Å². The van der Waals surface area contributed by atoms with E-state index in [1.54, 1.807) is 30.3 Å². The van der Waals surface area contributed by atoms with Crippen LogP contribution in [0, 0.1) is 11.6 Å². The molecule has 1 aliphatic carbocycles. The third kappa shape index (κ3) is 3.00. The molecule has 0 bridgehead atoms. The molecule has 0 saturated heterocycles. The Labute approximate surface area is 168 Å². The second-order valence-electron chi connectivity index (χ2n) is 6.82. The number of benzene rings is 3. The molecule has 5 rings (SSSR count). The molecule has 0 N–H and O–H groups in total. The minimum Gasteiger partial charge on any atom is -0.288 e. The highest BCUT2D eigenvalue weighted by molar-refractivity contribution is 7.16. The van der Waals surface area contributed by atoms with Crippen LogP contribution in [0.25, 0.3) is 27.3 Å². The first kappa shape index (κ1) is 17.6. The minimum absolute atomic E-state index is 0.106. The fraction of sp³-hybridized carbons (Fsp3) is 0. The lowest BCUT2D eigenvalue weighted by Gasteiger charge is -2.00. The van der Waals surface area contributed by atoms with E-state index < -0.39 is 11.6 Å². The molecule has 0 atom stereocenters. The molecule has 0 amide bonds. The highest BCUT2D eigenvalue weighted by Crippen LogP contribution is 2.34. The largest absolute Gasteiger partial charge is 0.288 e. The van der Waals surface area contributed by atoms with Crippen molar-refractivity contribution in [2.24, 2.45) is 0 Å². The predicted octanol–water partition coefficient (Wildman–Crippen LogP) is 6.31. The van der Waals surface area contributed by atoms with Crippen LogP contribution >= 0.6 is 11.3 Å². The number of fused-ring (bicyclic) bond motifs is 2. The van der Waals surface area contributed by atoms with Gasteiger partial charge in [-0.1, -0.05) is 24.3 Å². The van der Waals surface area contributed by atoms with Gasteiger partial charge in [0, 0.05) is 26.9 Å². The van der Waals surface area contributed by atoms with Crippen molar-refractivity contribution >= 4 is 39.8 Å². The van der Waals surface area contributed by atoms with Gasteiger partial charge >= 0.3 is 0 Å². The summed E-state index contributed by atoms with van der Waals surface area (Å²) >= 11 is 1.26. The Balaban J connectivity index is 1.54. The monoisotopic (exact) mass is 402 g/mol. The lowest BCUT2D eigenvalue weighted by Crippen LogP contribution is -1.99. The SMILES string of the molecule is O=C1C(=Cc2ccc(-c3cc(F)cc(F)c3)s2)C(=O)c2cc3ccccc3cc21. The van der Waals surface area contributed by atoms with Gasteiger partial charge in [0.2, 0.25) is 0 Å². The van der Waals surface area contributed by atoms with E-state index in [1.807, 2.05) is 24.3 Å². The number of Topliss-reactive ketones (excluding diaryl/α,β-unsaturated/α-hetero) is 2. The van der Waals surface area contributed by atoms with Crippen LogP contribution in [-0.2, 0) is 0 Å². The number of allylic oxidation sites excluding steroid dienone is 1. The fourth-order valence-electron chi connectivity index (χ4n) is 3.56. The van der Waals surface area contributed by atoms with Gasteiger partial charge in [-0.05, 0) is 58.8 Å². The lowest BCUT2D eigenvalue weighted by atomic mass is 10.0. The Hall–Kier alpha value is -3.44. The summed E-state index contributed by atoms with van der Waals surface area (Å²) in [6, 6.07) is 17.8. The standard InChI is InChI=1S/C24H12F2O2S/c25-16-7-15(8-17(26)11-16)22-6-5-18(29-22)12-21-23(27)19-9-13-3-1-2-4-14(13)10-20(19)24(21)28/h1-12H.